The minimum atomic E-state index is -0.983. The van der Waals surface area contributed by atoms with Crippen LogP contribution in [0.25, 0.3) is 6.08 Å². The van der Waals surface area contributed by atoms with Crippen LogP contribution < -0.4 is 11.1 Å². The van der Waals surface area contributed by atoms with E-state index in [0.29, 0.717) is 18.7 Å². The van der Waals surface area contributed by atoms with Gasteiger partial charge >= 0.3 is 5.97 Å². The lowest BCUT2D eigenvalue weighted by Gasteiger charge is -2.25. The van der Waals surface area contributed by atoms with Crippen molar-refractivity contribution in [2.24, 2.45) is 5.92 Å². The lowest BCUT2D eigenvalue weighted by molar-refractivity contribution is -0.142. The van der Waals surface area contributed by atoms with Gasteiger partial charge in [0.05, 0.1) is 12.3 Å². The number of nitrogens with zero attached hydrogens (tertiary/aromatic N) is 1. The third kappa shape index (κ3) is 6.70. The molecule has 0 saturated carbocycles. The number of hydrogen-bond acceptors (Lipinski definition) is 4. The summed E-state index contributed by atoms with van der Waals surface area (Å²) in [7, 11) is 0. The summed E-state index contributed by atoms with van der Waals surface area (Å²) in [5, 5.41) is 12.0. The summed E-state index contributed by atoms with van der Waals surface area (Å²) in [6, 6.07) is 17.0. The lowest BCUT2D eigenvalue weighted by atomic mass is 10.0. The number of benzene rings is 2. The molecule has 2 aromatic rings. The van der Waals surface area contributed by atoms with Crippen molar-refractivity contribution in [1.29, 1.82) is 0 Å². The van der Waals surface area contributed by atoms with E-state index in [9.17, 15) is 14.4 Å². The number of likely N-dealkylation sites (tertiary alicyclic amines) is 1. The average Bonchev–Trinajstić information content (AvgIpc) is 3.06. The predicted molar refractivity (Wildman–Crippen MR) is 124 cm³/mol. The Morgan fingerprint density at radius 3 is 2.53 bits per heavy atom. The number of carboxylic acid groups (broad SMARTS) is 1. The van der Waals surface area contributed by atoms with Gasteiger partial charge < -0.3 is 21.1 Å². The van der Waals surface area contributed by atoms with E-state index < -0.39 is 11.9 Å². The zero-order valence-corrected chi connectivity index (χ0v) is 17.9. The fourth-order valence-corrected chi connectivity index (χ4v) is 3.99. The molecule has 2 amide bonds. The zero-order valence-electron chi connectivity index (χ0n) is 17.9. The molecule has 7 nitrogen and oxygen atoms in total. The van der Waals surface area contributed by atoms with Crippen molar-refractivity contribution in [3.63, 3.8) is 0 Å². The summed E-state index contributed by atoms with van der Waals surface area (Å²) in [5.41, 5.74) is 8.36. The molecule has 3 rings (SSSR count). The van der Waals surface area contributed by atoms with Crippen LogP contribution in [0.1, 0.15) is 30.4 Å². The van der Waals surface area contributed by atoms with Crippen LogP contribution in [-0.2, 0) is 20.8 Å². The Labute approximate surface area is 187 Å². The Kier molecular flexibility index (Phi) is 8.02. The smallest absolute Gasteiger partial charge is 0.304 e. The molecule has 0 aromatic heterocycles. The Morgan fingerprint density at radius 2 is 1.84 bits per heavy atom. The number of anilines is 1. The fraction of sp³-hybridized carbons (Fsp3) is 0.320. The van der Waals surface area contributed by atoms with Gasteiger partial charge in [0.15, 0.2) is 0 Å². The van der Waals surface area contributed by atoms with E-state index in [1.807, 2.05) is 42.5 Å². The van der Waals surface area contributed by atoms with Gasteiger partial charge in [-0.25, -0.2) is 0 Å². The summed E-state index contributed by atoms with van der Waals surface area (Å²) in [6.45, 7) is 0.823. The highest BCUT2D eigenvalue weighted by Gasteiger charge is 2.39. The van der Waals surface area contributed by atoms with E-state index in [0.717, 1.165) is 18.4 Å². The molecule has 1 heterocycles. The van der Waals surface area contributed by atoms with Gasteiger partial charge in [-0.3, -0.25) is 14.4 Å². The molecule has 1 aliphatic rings. The van der Waals surface area contributed by atoms with Crippen molar-refractivity contribution in [3.05, 3.63) is 71.8 Å². The van der Waals surface area contributed by atoms with Crippen LogP contribution in [0.2, 0.25) is 0 Å². The van der Waals surface area contributed by atoms with Crippen LogP contribution in [0.5, 0.6) is 0 Å². The van der Waals surface area contributed by atoms with Crippen LogP contribution in [-0.4, -0.2) is 46.9 Å². The van der Waals surface area contributed by atoms with E-state index in [-0.39, 0.29) is 30.8 Å². The van der Waals surface area contributed by atoms with Crippen molar-refractivity contribution in [2.75, 3.05) is 18.8 Å². The molecule has 1 aliphatic heterocycles. The molecular weight excluding hydrogens is 406 g/mol. The van der Waals surface area contributed by atoms with E-state index in [4.69, 9.17) is 10.8 Å². The number of carbonyl (C=O) groups excluding carboxylic acids is 2. The summed E-state index contributed by atoms with van der Waals surface area (Å²) >= 11 is 0. The molecule has 2 aromatic carbocycles. The number of aryl methyl sites for hydroxylation is 1. The Morgan fingerprint density at radius 1 is 1.12 bits per heavy atom. The van der Waals surface area contributed by atoms with Crippen molar-refractivity contribution in [1.82, 2.24) is 10.2 Å². The van der Waals surface area contributed by atoms with Crippen molar-refractivity contribution in [3.8, 4) is 0 Å². The van der Waals surface area contributed by atoms with Crippen LogP contribution in [0.4, 0.5) is 5.69 Å². The second kappa shape index (κ2) is 11.1. The lowest BCUT2D eigenvalue weighted by Crippen LogP contribution is -2.42. The number of aliphatic carboxylic acids is 1. The van der Waals surface area contributed by atoms with E-state index in [1.54, 1.807) is 23.1 Å². The molecular formula is C25H29N3O4. The molecule has 0 spiro atoms. The summed E-state index contributed by atoms with van der Waals surface area (Å²) in [6.07, 6.45) is 4.98. The fourth-order valence-electron chi connectivity index (χ4n) is 3.99. The quantitative estimate of drug-likeness (QED) is 0.392. The number of amides is 2. The van der Waals surface area contributed by atoms with E-state index in [2.05, 4.69) is 5.32 Å². The first kappa shape index (κ1) is 23.1. The average molecular weight is 436 g/mol. The Balaban J connectivity index is 1.56. The van der Waals surface area contributed by atoms with Crippen molar-refractivity contribution in [2.45, 2.75) is 31.7 Å². The topological polar surface area (TPSA) is 113 Å². The maximum Gasteiger partial charge on any atom is 0.304 e. The summed E-state index contributed by atoms with van der Waals surface area (Å²) < 4.78 is 0. The number of nitrogens with two attached hydrogens (primary N) is 1. The molecule has 1 saturated heterocycles. The number of nitrogens with one attached hydrogen (secondary N) is 1. The van der Waals surface area contributed by atoms with Gasteiger partial charge in [-0.2, -0.15) is 0 Å². The van der Waals surface area contributed by atoms with Gasteiger partial charge in [-0.1, -0.05) is 42.5 Å². The number of rotatable bonds is 10. The number of carboxylic acids is 1. The highest BCUT2D eigenvalue weighted by atomic mass is 16.4. The molecule has 0 bridgehead atoms. The molecule has 7 heteroatoms. The SMILES string of the molecule is Nc1ccc(C=CC(=O)NC[C@@H]2C[C@@H](CC(=O)O)C(=O)N2CCCc2ccccc2)cc1. The maximum atomic E-state index is 12.8. The van der Waals surface area contributed by atoms with Gasteiger partial charge in [0.25, 0.3) is 0 Å². The largest absolute Gasteiger partial charge is 0.481 e. The van der Waals surface area contributed by atoms with Gasteiger partial charge in [0.1, 0.15) is 0 Å². The molecule has 32 heavy (non-hydrogen) atoms. The Bertz CT molecular complexity index is 957. The number of hydrogen-bond donors (Lipinski definition) is 3. The molecule has 4 N–H and O–H groups in total. The number of nitrogen functional groups attached to an aromatic ring is 1. The Hall–Kier alpha value is -3.61. The maximum absolute atomic E-state index is 12.8. The summed E-state index contributed by atoms with van der Waals surface area (Å²) in [4.78, 5) is 38.0. The first-order valence-electron chi connectivity index (χ1n) is 10.8. The van der Waals surface area contributed by atoms with Crippen molar-refractivity contribution < 1.29 is 19.5 Å². The van der Waals surface area contributed by atoms with Gasteiger partial charge in [0, 0.05) is 30.9 Å². The van der Waals surface area contributed by atoms with Gasteiger partial charge in [-0.05, 0) is 48.6 Å². The number of carbonyl (C=O) groups is 3. The van der Waals surface area contributed by atoms with Crippen molar-refractivity contribution >= 4 is 29.5 Å². The third-order valence-corrected chi connectivity index (χ3v) is 5.63. The molecule has 168 valence electrons. The van der Waals surface area contributed by atoms with Crippen LogP contribution >= 0.6 is 0 Å². The first-order chi connectivity index (χ1) is 15.4. The highest BCUT2D eigenvalue weighted by Crippen LogP contribution is 2.27. The van der Waals surface area contributed by atoms with Crippen LogP contribution in [0.15, 0.2) is 60.7 Å². The minimum absolute atomic E-state index is 0.142. The second-order valence-corrected chi connectivity index (χ2v) is 8.05. The monoisotopic (exact) mass is 435 g/mol. The predicted octanol–water partition coefficient (Wildman–Crippen LogP) is 2.72. The van der Waals surface area contributed by atoms with Gasteiger partial charge in [0.2, 0.25) is 11.8 Å². The minimum Gasteiger partial charge on any atom is -0.481 e. The standard InChI is InChI=1S/C25H29N3O4/c26-21-11-8-19(9-12-21)10-13-23(29)27-17-22-15-20(16-24(30)31)25(32)28(22)14-4-7-18-5-2-1-3-6-18/h1-3,5-6,8-13,20,22H,4,7,14-17,26H2,(H,27,29)(H,30,31)/t20-,22-/m0/s1. The molecule has 0 radical (unpaired) electrons. The molecule has 0 aliphatic carbocycles. The molecule has 0 unspecified atom stereocenters. The van der Waals surface area contributed by atoms with E-state index >= 15 is 0 Å². The normalized spacial score (nSPS) is 18.2. The summed E-state index contributed by atoms with van der Waals surface area (Å²) in [5.74, 6) is -1.93. The van der Waals surface area contributed by atoms with Crippen LogP contribution in [0.3, 0.4) is 0 Å². The van der Waals surface area contributed by atoms with Crippen LogP contribution in [0, 0.1) is 5.92 Å². The zero-order chi connectivity index (χ0) is 22.9. The first-order valence-corrected chi connectivity index (χ1v) is 10.8. The second-order valence-electron chi connectivity index (χ2n) is 8.05. The third-order valence-electron chi connectivity index (χ3n) is 5.63. The van der Waals surface area contributed by atoms with E-state index in [1.165, 1.54) is 11.6 Å². The van der Waals surface area contributed by atoms with Gasteiger partial charge in [-0.15, -0.1) is 0 Å². The molecule has 1 fully saturated rings. The highest BCUT2D eigenvalue weighted by molar-refractivity contribution is 5.92. The molecule has 2 atom stereocenters.